The molecule has 0 unspecified atom stereocenters. The van der Waals surface area contributed by atoms with Crippen molar-refractivity contribution in [1.29, 1.82) is 0 Å². The molecule has 0 aliphatic heterocycles. The van der Waals surface area contributed by atoms with E-state index in [0.29, 0.717) is 5.56 Å². The molecule has 1 aromatic carbocycles. The molecule has 17 heavy (non-hydrogen) atoms. The number of hydrogen-bond donors (Lipinski definition) is 0. The van der Waals surface area contributed by atoms with Crippen molar-refractivity contribution in [2.24, 2.45) is 5.92 Å². The molecule has 0 amide bonds. The topological polar surface area (TPSA) is 26.3 Å². The lowest BCUT2D eigenvalue weighted by Gasteiger charge is -2.21. The first kappa shape index (κ1) is 12.1. The second-order valence-electron chi connectivity index (χ2n) is 4.52. The largest absolute Gasteiger partial charge is 0.493 e. The third-order valence-corrected chi connectivity index (χ3v) is 3.41. The second kappa shape index (κ2) is 5.30. The van der Waals surface area contributed by atoms with Crippen LogP contribution in [0, 0.1) is 11.7 Å². The summed E-state index contributed by atoms with van der Waals surface area (Å²) in [5, 5.41) is 0. The standard InChI is InChI=1S/C14H17FO2/c1-17-14-11(8-5-9-12(14)15)13(16)10-6-3-2-4-7-10/h5,8-10H,2-4,6-7H2,1H3. The highest BCUT2D eigenvalue weighted by Crippen LogP contribution is 2.31. The van der Waals surface area contributed by atoms with Gasteiger partial charge in [-0.05, 0) is 25.0 Å². The van der Waals surface area contributed by atoms with E-state index < -0.39 is 5.82 Å². The summed E-state index contributed by atoms with van der Waals surface area (Å²) < 4.78 is 18.5. The van der Waals surface area contributed by atoms with Crippen molar-refractivity contribution in [1.82, 2.24) is 0 Å². The molecule has 0 saturated heterocycles. The Morgan fingerprint density at radius 3 is 2.65 bits per heavy atom. The Hall–Kier alpha value is -1.38. The van der Waals surface area contributed by atoms with Gasteiger partial charge in [-0.1, -0.05) is 25.3 Å². The number of methoxy groups -OCH3 is 1. The minimum Gasteiger partial charge on any atom is -0.493 e. The first-order valence-electron chi connectivity index (χ1n) is 6.10. The predicted molar refractivity (Wildman–Crippen MR) is 63.9 cm³/mol. The van der Waals surface area contributed by atoms with Crippen LogP contribution < -0.4 is 4.74 Å². The Labute approximate surface area is 101 Å². The number of carbonyl (C=O) groups excluding carboxylic acids is 1. The van der Waals surface area contributed by atoms with Gasteiger partial charge >= 0.3 is 0 Å². The van der Waals surface area contributed by atoms with Crippen molar-refractivity contribution in [2.45, 2.75) is 32.1 Å². The van der Waals surface area contributed by atoms with Crippen molar-refractivity contribution in [2.75, 3.05) is 7.11 Å². The van der Waals surface area contributed by atoms with Crippen molar-refractivity contribution in [3.63, 3.8) is 0 Å². The number of carbonyl (C=O) groups is 1. The monoisotopic (exact) mass is 236 g/mol. The number of Topliss-reactive ketones (excluding diaryl/α,β-unsaturated/α-hetero) is 1. The normalized spacial score (nSPS) is 16.8. The molecule has 1 fully saturated rings. The number of para-hydroxylation sites is 1. The van der Waals surface area contributed by atoms with Crippen LogP contribution in [0.5, 0.6) is 5.75 Å². The summed E-state index contributed by atoms with van der Waals surface area (Å²) in [4.78, 5) is 12.3. The first-order valence-corrected chi connectivity index (χ1v) is 6.10. The zero-order valence-electron chi connectivity index (χ0n) is 10.0. The minimum atomic E-state index is -0.464. The zero-order chi connectivity index (χ0) is 12.3. The SMILES string of the molecule is COc1c(F)cccc1C(=O)C1CCCCC1. The van der Waals surface area contributed by atoms with E-state index >= 15 is 0 Å². The van der Waals surface area contributed by atoms with Gasteiger partial charge < -0.3 is 4.74 Å². The van der Waals surface area contributed by atoms with Gasteiger partial charge in [-0.25, -0.2) is 4.39 Å². The minimum absolute atomic E-state index is 0.0288. The summed E-state index contributed by atoms with van der Waals surface area (Å²) in [7, 11) is 1.40. The molecule has 1 saturated carbocycles. The second-order valence-corrected chi connectivity index (χ2v) is 4.52. The average Bonchev–Trinajstić information content (AvgIpc) is 2.38. The Balaban J connectivity index is 2.26. The van der Waals surface area contributed by atoms with Gasteiger partial charge in [-0.15, -0.1) is 0 Å². The van der Waals surface area contributed by atoms with E-state index in [-0.39, 0.29) is 17.5 Å². The van der Waals surface area contributed by atoms with Crippen LogP contribution in [0.1, 0.15) is 42.5 Å². The van der Waals surface area contributed by atoms with Gasteiger partial charge in [-0.3, -0.25) is 4.79 Å². The number of hydrogen-bond acceptors (Lipinski definition) is 2. The van der Waals surface area contributed by atoms with Gasteiger partial charge in [0.05, 0.1) is 12.7 Å². The molecule has 0 heterocycles. The van der Waals surface area contributed by atoms with E-state index in [1.54, 1.807) is 12.1 Å². The molecule has 1 aliphatic rings. The van der Waals surface area contributed by atoms with E-state index in [1.165, 1.54) is 19.6 Å². The molecule has 0 spiro atoms. The number of ketones is 1. The van der Waals surface area contributed by atoms with Gasteiger partial charge in [-0.2, -0.15) is 0 Å². The lowest BCUT2D eigenvalue weighted by atomic mass is 9.83. The number of halogens is 1. The van der Waals surface area contributed by atoms with Crippen molar-refractivity contribution in [3.05, 3.63) is 29.6 Å². The number of ether oxygens (including phenoxy) is 1. The van der Waals surface area contributed by atoms with Crippen LogP contribution in [-0.2, 0) is 0 Å². The molecule has 92 valence electrons. The van der Waals surface area contributed by atoms with E-state index in [1.807, 2.05) is 0 Å². The van der Waals surface area contributed by atoms with Gasteiger partial charge in [0.25, 0.3) is 0 Å². The first-order chi connectivity index (χ1) is 8.24. The molecule has 1 aromatic rings. The summed E-state index contributed by atoms with van der Waals surface area (Å²) in [5.74, 6) is -0.308. The quantitative estimate of drug-likeness (QED) is 0.749. The molecular formula is C14H17FO2. The smallest absolute Gasteiger partial charge is 0.169 e. The molecule has 0 N–H and O–H groups in total. The van der Waals surface area contributed by atoms with Crippen LogP contribution in [0.25, 0.3) is 0 Å². The highest BCUT2D eigenvalue weighted by molar-refractivity contribution is 6.00. The van der Waals surface area contributed by atoms with Crippen LogP contribution >= 0.6 is 0 Å². The maximum absolute atomic E-state index is 13.5. The fourth-order valence-electron chi connectivity index (χ4n) is 2.50. The molecule has 2 nitrogen and oxygen atoms in total. The summed E-state index contributed by atoms with van der Waals surface area (Å²) in [6, 6.07) is 4.53. The Bertz CT molecular complexity index is 409. The highest BCUT2D eigenvalue weighted by Gasteiger charge is 2.25. The lowest BCUT2D eigenvalue weighted by Crippen LogP contribution is -2.18. The molecule has 0 aromatic heterocycles. The van der Waals surface area contributed by atoms with E-state index in [0.717, 1.165) is 25.7 Å². The third-order valence-electron chi connectivity index (χ3n) is 3.41. The fraction of sp³-hybridized carbons (Fsp3) is 0.500. The van der Waals surface area contributed by atoms with Crippen LogP contribution in [0.15, 0.2) is 18.2 Å². The van der Waals surface area contributed by atoms with E-state index in [9.17, 15) is 9.18 Å². The van der Waals surface area contributed by atoms with Gasteiger partial charge in [0, 0.05) is 5.92 Å². The highest BCUT2D eigenvalue weighted by atomic mass is 19.1. The average molecular weight is 236 g/mol. The molecule has 3 heteroatoms. The molecular weight excluding hydrogens is 219 g/mol. The van der Waals surface area contributed by atoms with Crippen LogP contribution in [-0.4, -0.2) is 12.9 Å². The summed E-state index contributed by atoms with van der Waals surface area (Å²) in [6.07, 6.45) is 5.21. The summed E-state index contributed by atoms with van der Waals surface area (Å²) in [6.45, 7) is 0. The Morgan fingerprint density at radius 2 is 2.00 bits per heavy atom. The number of benzene rings is 1. The molecule has 2 rings (SSSR count). The Kier molecular flexibility index (Phi) is 3.77. The van der Waals surface area contributed by atoms with Crippen molar-refractivity contribution < 1.29 is 13.9 Å². The van der Waals surface area contributed by atoms with Gasteiger partial charge in [0.2, 0.25) is 0 Å². The van der Waals surface area contributed by atoms with Crippen LogP contribution in [0.4, 0.5) is 4.39 Å². The fourth-order valence-corrected chi connectivity index (χ4v) is 2.50. The zero-order valence-corrected chi connectivity index (χ0v) is 10.0. The van der Waals surface area contributed by atoms with Gasteiger partial charge in [0.15, 0.2) is 17.3 Å². The Morgan fingerprint density at radius 1 is 1.29 bits per heavy atom. The van der Waals surface area contributed by atoms with E-state index in [2.05, 4.69) is 0 Å². The summed E-state index contributed by atoms with van der Waals surface area (Å²) >= 11 is 0. The molecule has 0 atom stereocenters. The molecule has 0 radical (unpaired) electrons. The predicted octanol–water partition coefficient (Wildman–Crippen LogP) is 3.60. The molecule has 1 aliphatic carbocycles. The maximum Gasteiger partial charge on any atom is 0.169 e. The van der Waals surface area contributed by atoms with Crippen LogP contribution in [0.2, 0.25) is 0 Å². The lowest BCUT2D eigenvalue weighted by molar-refractivity contribution is 0.0885. The maximum atomic E-state index is 13.5. The van der Waals surface area contributed by atoms with E-state index in [4.69, 9.17) is 4.74 Å². The third kappa shape index (κ3) is 2.48. The summed E-state index contributed by atoms with van der Waals surface area (Å²) in [5.41, 5.74) is 0.388. The van der Waals surface area contributed by atoms with Crippen LogP contribution in [0.3, 0.4) is 0 Å². The van der Waals surface area contributed by atoms with Gasteiger partial charge in [0.1, 0.15) is 0 Å². The van der Waals surface area contributed by atoms with Crippen molar-refractivity contribution in [3.8, 4) is 5.75 Å². The molecule has 0 bridgehead atoms. The van der Waals surface area contributed by atoms with Crippen molar-refractivity contribution >= 4 is 5.78 Å². The number of rotatable bonds is 3.